The summed E-state index contributed by atoms with van der Waals surface area (Å²) in [6, 6.07) is 0. The normalized spacial score (nSPS) is 23.2. The van der Waals surface area contributed by atoms with Gasteiger partial charge in [-0.05, 0) is 6.92 Å². The lowest BCUT2D eigenvalue weighted by molar-refractivity contribution is -0.261. The topological polar surface area (TPSA) is 75.4 Å². The number of halogens is 3. The number of hydrogen-bond acceptors (Lipinski definition) is 4. The van der Waals surface area contributed by atoms with Crippen molar-refractivity contribution in [2.24, 2.45) is 0 Å². The molecule has 0 saturated heterocycles. The van der Waals surface area contributed by atoms with E-state index in [1.54, 1.807) is 6.92 Å². The van der Waals surface area contributed by atoms with E-state index in [0.29, 0.717) is 6.92 Å². The van der Waals surface area contributed by atoms with Gasteiger partial charge in [0.25, 0.3) is 5.91 Å². The van der Waals surface area contributed by atoms with Crippen LogP contribution in [0.1, 0.15) is 41.6 Å². The molecule has 8 heteroatoms. The largest absolute Gasteiger partial charge is 0.422 e. The molecule has 0 aromatic carbocycles. The molecule has 0 spiro atoms. The van der Waals surface area contributed by atoms with Gasteiger partial charge in [0.15, 0.2) is 0 Å². The summed E-state index contributed by atoms with van der Waals surface area (Å²) in [4.78, 5) is 11.4. The minimum Gasteiger partial charge on any atom is -0.375 e. The molecular weight excluding hydrogens is 253 g/mol. The summed E-state index contributed by atoms with van der Waals surface area (Å²) in [5, 5.41) is 15.3. The average molecular weight is 264 g/mol. The first-order valence-corrected chi connectivity index (χ1v) is 5.23. The number of amides is 1. The summed E-state index contributed by atoms with van der Waals surface area (Å²) < 4.78 is 42.9. The van der Waals surface area contributed by atoms with Crippen LogP contribution in [0.3, 0.4) is 0 Å². The Morgan fingerprint density at radius 2 is 2.11 bits per heavy atom. The first kappa shape index (κ1) is 12.9. The zero-order chi connectivity index (χ0) is 13.7. The van der Waals surface area contributed by atoms with Crippen molar-refractivity contribution in [2.75, 3.05) is 6.54 Å². The van der Waals surface area contributed by atoms with Crippen LogP contribution in [0.2, 0.25) is 0 Å². The molecule has 5 nitrogen and oxygen atoms in total. The van der Waals surface area contributed by atoms with E-state index in [0.717, 1.165) is 0 Å². The standard InChI is InChI=1S/C10H11F3N2O3/c1-4-3-14-8(16)6-5(4)7(15-18-6)9(2,17)10(11,12)13/h4,17H,3H2,1-2H3,(H,14,16)/t4-,9+/m0/s1. The third kappa shape index (κ3) is 1.67. The molecule has 0 aliphatic carbocycles. The molecule has 2 atom stereocenters. The number of fused-ring (bicyclic) bond motifs is 1. The number of aromatic nitrogens is 1. The van der Waals surface area contributed by atoms with E-state index >= 15 is 0 Å². The van der Waals surface area contributed by atoms with Gasteiger partial charge in [-0.3, -0.25) is 4.79 Å². The number of nitrogens with zero attached hydrogens (tertiary/aromatic N) is 1. The fraction of sp³-hybridized carbons (Fsp3) is 0.600. The Balaban J connectivity index is 2.58. The van der Waals surface area contributed by atoms with Crippen molar-refractivity contribution < 1.29 is 27.6 Å². The third-order valence-corrected chi connectivity index (χ3v) is 3.01. The van der Waals surface area contributed by atoms with Crippen LogP contribution in [0.4, 0.5) is 13.2 Å². The van der Waals surface area contributed by atoms with Crippen LogP contribution in [0.5, 0.6) is 0 Å². The van der Waals surface area contributed by atoms with Crippen molar-refractivity contribution >= 4 is 5.91 Å². The Morgan fingerprint density at radius 1 is 1.50 bits per heavy atom. The molecule has 2 heterocycles. The van der Waals surface area contributed by atoms with Crippen molar-refractivity contribution in [3.63, 3.8) is 0 Å². The van der Waals surface area contributed by atoms with Crippen molar-refractivity contribution in [1.82, 2.24) is 10.5 Å². The molecule has 0 unspecified atom stereocenters. The van der Waals surface area contributed by atoms with Gasteiger partial charge in [0.2, 0.25) is 11.4 Å². The maximum absolute atomic E-state index is 12.8. The molecular formula is C10H11F3N2O3. The number of carbonyl (C=O) groups excluding carboxylic acids is 1. The number of aliphatic hydroxyl groups is 1. The van der Waals surface area contributed by atoms with Crippen LogP contribution < -0.4 is 5.32 Å². The number of nitrogens with one attached hydrogen (secondary N) is 1. The van der Waals surface area contributed by atoms with E-state index in [2.05, 4.69) is 15.0 Å². The van der Waals surface area contributed by atoms with Gasteiger partial charge in [-0.25, -0.2) is 0 Å². The van der Waals surface area contributed by atoms with Crippen molar-refractivity contribution in [1.29, 1.82) is 0 Å². The molecule has 1 aliphatic heterocycles. The van der Waals surface area contributed by atoms with E-state index in [1.807, 2.05) is 0 Å². The first-order valence-electron chi connectivity index (χ1n) is 5.23. The summed E-state index contributed by atoms with van der Waals surface area (Å²) in [7, 11) is 0. The summed E-state index contributed by atoms with van der Waals surface area (Å²) in [5.41, 5.74) is -3.77. The fourth-order valence-electron chi connectivity index (χ4n) is 1.83. The highest BCUT2D eigenvalue weighted by atomic mass is 19.4. The van der Waals surface area contributed by atoms with E-state index in [4.69, 9.17) is 0 Å². The Kier molecular flexibility index (Phi) is 2.65. The van der Waals surface area contributed by atoms with Crippen molar-refractivity contribution in [3.8, 4) is 0 Å². The van der Waals surface area contributed by atoms with Crippen LogP contribution in [0.25, 0.3) is 0 Å². The molecule has 0 radical (unpaired) electrons. The summed E-state index contributed by atoms with van der Waals surface area (Å²) >= 11 is 0. The Bertz CT molecular complexity index is 493. The van der Waals surface area contributed by atoms with Crippen LogP contribution in [-0.4, -0.2) is 28.9 Å². The van der Waals surface area contributed by atoms with Gasteiger partial charge in [0, 0.05) is 18.0 Å². The highest BCUT2D eigenvalue weighted by Crippen LogP contribution is 2.42. The quantitative estimate of drug-likeness (QED) is 0.801. The molecule has 1 aromatic heterocycles. The smallest absolute Gasteiger partial charge is 0.375 e. The molecule has 0 bridgehead atoms. The number of rotatable bonds is 1. The summed E-state index contributed by atoms with van der Waals surface area (Å²) in [5.74, 6) is -1.30. The van der Waals surface area contributed by atoms with Crippen LogP contribution in [-0.2, 0) is 5.60 Å². The van der Waals surface area contributed by atoms with E-state index in [1.165, 1.54) is 0 Å². The van der Waals surface area contributed by atoms with Crippen molar-refractivity contribution in [3.05, 3.63) is 17.0 Å². The third-order valence-electron chi connectivity index (χ3n) is 3.01. The van der Waals surface area contributed by atoms with Gasteiger partial charge < -0.3 is 14.9 Å². The van der Waals surface area contributed by atoms with Gasteiger partial charge in [-0.1, -0.05) is 12.1 Å². The van der Waals surface area contributed by atoms with E-state index in [9.17, 15) is 23.1 Å². The number of alkyl halides is 3. The highest BCUT2D eigenvalue weighted by molar-refractivity contribution is 5.94. The number of hydrogen-bond donors (Lipinski definition) is 2. The monoisotopic (exact) mass is 264 g/mol. The molecule has 2 rings (SSSR count). The maximum Gasteiger partial charge on any atom is 0.422 e. The van der Waals surface area contributed by atoms with Crippen LogP contribution in [0, 0.1) is 0 Å². The molecule has 1 aromatic rings. The molecule has 1 aliphatic rings. The average Bonchev–Trinajstić information content (AvgIpc) is 2.68. The number of carbonyl (C=O) groups is 1. The van der Waals surface area contributed by atoms with Crippen LogP contribution >= 0.6 is 0 Å². The second-order valence-corrected chi connectivity index (χ2v) is 4.46. The lowest BCUT2D eigenvalue weighted by Gasteiger charge is -2.27. The molecule has 0 fully saturated rings. The predicted octanol–water partition coefficient (Wildman–Crippen LogP) is 1.29. The highest BCUT2D eigenvalue weighted by Gasteiger charge is 2.55. The van der Waals surface area contributed by atoms with Gasteiger partial charge in [-0.2, -0.15) is 13.2 Å². The van der Waals surface area contributed by atoms with Crippen molar-refractivity contribution in [2.45, 2.75) is 31.5 Å². The second kappa shape index (κ2) is 3.71. The fourth-order valence-corrected chi connectivity index (χ4v) is 1.83. The minimum absolute atomic E-state index is 0.0149. The Hall–Kier alpha value is -1.57. The van der Waals surface area contributed by atoms with Crippen LogP contribution in [0.15, 0.2) is 4.52 Å². The SMILES string of the molecule is C[C@H]1CNC(=O)c2onc([C@@](C)(O)C(F)(F)F)c21. The molecule has 2 N–H and O–H groups in total. The molecule has 0 saturated carbocycles. The minimum atomic E-state index is -4.90. The first-order chi connectivity index (χ1) is 8.16. The predicted molar refractivity (Wildman–Crippen MR) is 52.9 cm³/mol. The molecule has 1 amide bonds. The van der Waals surface area contributed by atoms with Gasteiger partial charge in [-0.15, -0.1) is 0 Å². The Labute approximate surface area is 99.9 Å². The lowest BCUT2D eigenvalue weighted by Crippen LogP contribution is -2.42. The van der Waals surface area contributed by atoms with E-state index < -0.39 is 29.3 Å². The molecule has 18 heavy (non-hydrogen) atoms. The zero-order valence-corrected chi connectivity index (χ0v) is 9.63. The molecule has 100 valence electrons. The maximum atomic E-state index is 12.8. The lowest BCUT2D eigenvalue weighted by atomic mass is 9.88. The Morgan fingerprint density at radius 3 is 2.67 bits per heavy atom. The summed E-state index contributed by atoms with van der Waals surface area (Å²) in [6.07, 6.45) is -4.90. The zero-order valence-electron chi connectivity index (χ0n) is 9.63. The van der Waals surface area contributed by atoms with Gasteiger partial charge in [0.05, 0.1) is 0 Å². The van der Waals surface area contributed by atoms with Gasteiger partial charge in [0.1, 0.15) is 5.69 Å². The van der Waals surface area contributed by atoms with Gasteiger partial charge >= 0.3 is 6.18 Å². The summed E-state index contributed by atoms with van der Waals surface area (Å²) in [6.45, 7) is 2.38. The second-order valence-electron chi connectivity index (χ2n) is 4.46. The van der Waals surface area contributed by atoms with E-state index in [-0.39, 0.29) is 17.9 Å².